The van der Waals surface area contributed by atoms with Crippen LogP contribution < -0.4 is 5.32 Å². The molecular weight excluding hydrogens is 194 g/mol. The van der Waals surface area contributed by atoms with Gasteiger partial charge in [-0.3, -0.25) is 0 Å². The predicted octanol–water partition coefficient (Wildman–Crippen LogP) is -0.541. The molecule has 0 radical (unpaired) electrons. The average Bonchev–Trinajstić information content (AvgIpc) is 2.58. The first kappa shape index (κ1) is 10.5. The molecule has 15 heavy (non-hydrogen) atoms. The van der Waals surface area contributed by atoms with Gasteiger partial charge in [-0.2, -0.15) is 4.80 Å². The van der Waals surface area contributed by atoms with E-state index in [0.29, 0.717) is 18.4 Å². The molecule has 1 heterocycles. The van der Waals surface area contributed by atoms with Crippen LogP contribution in [-0.2, 0) is 13.6 Å². The lowest BCUT2D eigenvalue weighted by molar-refractivity contribution is -0.0731. The van der Waals surface area contributed by atoms with E-state index in [-0.39, 0.29) is 11.5 Å². The highest BCUT2D eigenvalue weighted by Crippen LogP contribution is 2.40. The van der Waals surface area contributed by atoms with Crippen LogP contribution >= 0.6 is 0 Å². The molecule has 1 aliphatic carbocycles. The zero-order chi connectivity index (χ0) is 11.1. The molecule has 2 rings (SSSR count). The molecule has 1 fully saturated rings. The molecule has 0 aromatic carbocycles. The molecule has 2 atom stereocenters. The molecule has 1 aromatic heterocycles. The van der Waals surface area contributed by atoms with Crippen LogP contribution in [0, 0.1) is 5.41 Å². The number of aliphatic hydroxyl groups excluding tert-OH is 1. The van der Waals surface area contributed by atoms with Crippen LogP contribution in [0.4, 0.5) is 0 Å². The maximum Gasteiger partial charge on any atom is 0.188 e. The Balaban J connectivity index is 1.85. The molecule has 6 heteroatoms. The van der Waals surface area contributed by atoms with E-state index in [2.05, 4.69) is 34.6 Å². The highest BCUT2D eigenvalue weighted by Gasteiger charge is 2.46. The van der Waals surface area contributed by atoms with E-state index in [9.17, 15) is 5.11 Å². The number of aromatic nitrogens is 4. The van der Waals surface area contributed by atoms with Crippen LogP contribution in [0.25, 0.3) is 0 Å². The van der Waals surface area contributed by atoms with Crippen molar-refractivity contribution in [3.05, 3.63) is 5.82 Å². The summed E-state index contributed by atoms with van der Waals surface area (Å²) in [5.41, 5.74) is -0.0534. The predicted molar refractivity (Wildman–Crippen MR) is 53.8 cm³/mol. The highest BCUT2D eigenvalue weighted by atomic mass is 16.3. The van der Waals surface area contributed by atoms with E-state index in [4.69, 9.17) is 0 Å². The third kappa shape index (κ3) is 1.87. The summed E-state index contributed by atoms with van der Waals surface area (Å²) < 4.78 is 0. The van der Waals surface area contributed by atoms with Gasteiger partial charge in [-0.25, -0.2) is 0 Å². The first-order chi connectivity index (χ1) is 7.00. The van der Waals surface area contributed by atoms with Crippen LogP contribution in [0.15, 0.2) is 0 Å². The number of hydrogen-bond donors (Lipinski definition) is 2. The van der Waals surface area contributed by atoms with Gasteiger partial charge in [-0.05, 0) is 11.6 Å². The van der Waals surface area contributed by atoms with Crippen LogP contribution in [0.1, 0.15) is 26.1 Å². The van der Waals surface area contributed by atoms with Crippen molar-refractivity contribution in [3.8, 4) is 0 Å². The average molecular weight is 211 g/mol. The molecule has 0 saturated heterocycles. The number of rotatable bonds is 3. The molecule has 1 aromatic rings. The Morgan fingerprint density at radius 2 is 2.33 bits per heavy atom. The van der Waals surface area contributed by atoms with Crippen molar-refractivity contribution in [1.82, 2.24) is 25.5 Å². The van der Waals surface area contributed by atoms with Gasteiger partial charge in [-0.15, -0.1) is 10.2 Å². The fourth-order valence-electron chi connectivity index (χ4n) is 1.86. The van der Waals surface area contributed by atoms with Gasteiger partial charge in [0, 0.05) is 11.5 Å². The molecule has 0 aliphatic heterocycles. The van der Waals surface area contributed by atoms with Gasteiger partial charge >= 0.3 is 0 Å². The van der Waals surface area contributed by atoms with Crippen molar-refractivity contribution in [2.75, 3.05) is 0 Å². The number of nitrogens with one attached hydrogen (secondary N) is 1. The van der Waals surface area contributed by atoms with E-state index in [0.717, 1.165) is 6.42 Å². The van der Waals surface area contributed by atoms with Crippen LogP contribution in [0.3, 0.4) is 0 Å². The maximum atomic E-state index is 9.56. The Hall–Kier alpha value is -1.01. The Morgan fingerprint density at radius 1 is 1.60 bits per heavy atom. The van der Waals surface area contributed by atoms with Gasteiger partial charge in [0.05, 0.1) is 19.7 Å². The molecule has 0 amide bonds. The van der Waals surface area contributed by atoms with Crippen molar-refractivity contribution in [2.45, 2.75) is 39.0 Å². The molecule has 1 saturated carbocycles. The van der Waals surface area contributed by atoms with Crippen molar-refractivity contribution < 1.29 is 5.11 Å². The number of nitrogens with zero attached hydrogens (tertiary/aromatic N) is 4. The first-order valence-corrected chi connectivity index (χ1v) is 5.14. The Morgan fingerprint density at radius 3 is 2.80 bits per heavy atom. The topological polar surface area (TPSA) is 75.9 Å². The fraction of sp³-hybridized carbons (Fsp3) is 0.889. The van der Waals surface area contributed by atoms with Gasteiger partial charge in [0.25, 0.3) is 0 Å². The van der Waals surface area contributed by atoms with Crippen LogP contribution in [0.5, 0.6) is 0 Å². The Bertz CT molecular complexity index is 348. The lowest BCUT2D eigenvalue weighted by atomic mass is 9.64. The van der Waals surface area contributed by atoms with Crippen molar-refractivity contribution >= 4 is 0 Å². The van der Waals surface area contributed by atoms with E-state index in [1.54, 1.807) is 7.05 Å². The van der Waals surface area contributed by atoms with E-state index < -0.39 is 0 Å². The summed E-state index contributed by atoms with van der Waals surface area (Å²) in [6, 6.07) is 0.330. The molecule has 0 bridgehead atoms. The number of aliphatic hydroxyl groups is 1. The normalized spacial score (nSPS) is 28.8. The zero-order valence-electron chi connectivity index (χ0n) is 9.30. The first-order valence-electron chi connectivity index (χ1n) is 5.14. The largest absolute Gasteiger partial charge is 0.392 e. The SMILES string of the molecule is Cn1nnc(CNC2CC(O)C2(C)C)n1. The Kier molecular flexibility index (Phi) is 2.47. The molecule has 84 valence electrons. The van der Waals surface area contributed by atoms with Gasteiger partial charge < -0.3 is 10.4 Å². The minimum atomic E-state index is -0.204. The lowest BCUT2D eigenvalue weighted by Gasteiger charge is -2.49. The second-order valence-corrected chi connectivity index (χ2v) is 4.70. The van der Waals surface area contributed by atoms with Crippen LogP contribution in [-0.4, -0.2) is 37.5 Å². The van der Waals surface area contributed by atoms with Gasteiger partial charge in [0.2, 0.25) is 0 Å². The minimum Gasteiger partial charge on any atom is -0.392 e. The monoisotopic (exact) mass is 211 g/mol. The summed E-state index contributed by atoms with van der Waals surface area (Å²) in [7, 11) is 1.74. The second kappa shape index (κ2) is 3.53. The van der Waals surface area contributed by atoms with Crippen molar-refractivity contribution in [2.24, 2.45) is 12.5 Å². The summed E-state index contributed by atoms with van der Waals surface area (Å²) in [5, 5.41) is 24.6. The van der Waals surface area contributed by atoms with E-state index >= 15 is 0 Å². The summed E-state index contributed by atoms with van der Waals surface area (Å²) in [6.45, 7) is 4.72. The summed E-state index contributed by atoms with van der Waals surface area (Å²) in [4.78, 5) is 1.44. The van der Waals surface area contributed by atoms with Crippen molar-refractivity contribution in [3.63, 3.8) is 0 Å². The minimum absolute atomic E-state index is 0.0534. The molecule has 6 nitrogen and oxygen atoms in total. The fourth-order valence-corrected chi connectivity index (χ4v) is 1.86. The van der Waals surface area contributed by atoms with E-state index in [1.165, 1.54) is 4.80 Å². The maximum absolute atomic E-state index is 9.56. The third-order valence-electron chi connectivity index (χ3n) is 3.27. The van der Waals surface area contributed by atoms with E-state index in [1.807, 2.05) is 0 Å². The Labute approximate surface area is 88.7 Å². The molecule has 2 N–H and O–H groups in total. The van der Waals surface area contributed by atoms with Gasteiger partial charge in [-0.1, -0.05) is 13.8 Å². The number of tetrazole rings is 1. The number of hydrogen-bond acceptors (Lipinski definition) is 5. The molecule has 1 aliphatic rings. The lowest BCUT2D eigenvalue weighted by Crippen LogP contribution is -2.59. The zero-order valence-corrected chi connectivity index (χ0v) is 9.30. The van der Waals surface area contributed by atoms with Crippen molar-refractivity contribution in [1.29, 1.82) is 0 Å². The summed E-state index contributed by atoms with van der Waals surface area (Å²) >= 11 is 0. The standard InChI is InChI=1S/C9H17N5O/c1-9(2)6(4-7(9)15)10-5-8-11-13-14(3)12-8/h6-7,10,15H,4-5H2,1-3H3. The van der Waals surface area contributed by atoms with Crippen LogP contribution in [0.2, 0.25) is 0 Å². The second-order valence-electron chi connectivity index (χ2n) is 4.70. The third-order valence-corrected chi connectivity index (χ3v) is 3.27. The molecular formula is C9H17N5O. The van der Waals surface area contributed by atoms with Gasteiger partial charge in [0.15, 0.2) is 5.82 Å². The van der Waals surface area contributed by atoms with Gasteiger partial charge in [0.1, 0.15) is 0 Å². The number of aryl methyl sites for hydroxylation is 1. The summed E-state index contributed by atoms with van der Waals surface area (Å²) in [6.07, 6.45) is 0.595. The molecule has 0 spiro atoms. The smallest absolute Gasteiger partial charge is 0.188 e. The summed E-state index contributed by atoms with van der Waals surface area (Å²) in [5.74, 6) is 0.690. The quantitative estimate of drug-likeness (QED) is 0.702. The molecule has 2 unspecified atom stereocenters. The highest BCUT2D eigenvalue weighted by molar-refractivity contribution is 5.02.